The molecule has 0 aliphatic rings. The van der Waals surface area contributed by atoms with Crippen molar-refractivity contribution in [3.05, 3.63) is 0 Å². The third-order valence-corrected chi connectivity index (χ3v) is 5.66. The van der Waals surface area contributed by atoms with Gasteiger partial charge in [0.25, 0.3) is 0 Å². The van der Waals surface area contributed by atoms with Gasteiger partial charge in [0, 0.05) is 25.9 Å². The topological polar surface area (TPSA) is 90.2 Å². The highest BCUT2D eigenvalue weighted by Crippen LogP contribution is 2.13. The van der Waals surface area contributed by atoms with Crippen LogP contribution in [0.5, 0.6) is 0 Å². The zero-order chi connectivity index (χ0) is 22.0. The molecule has 0 bridgehead atoms. The summed E-state index contributed by atoms with van der Waals surface area (Å²) in [6, 6.07) is 0. The van der Waals surface area contributed by atoms with Gasteiger partial charge in [0.1, 0.15) is 0 Å². The van der Waals surface area contributed by atoms with Crippen LogP contribution >= 0.6 is 0 Å². The number of ether oxygens (including phenoxy) is 1. The van der Waals surface area contributed by atoms with E-state index in [0.29, 0.717) is 24.2 Å². The van der Waals surface area contributed by atoms with Crippen molar-refractivity contribution in [3.8, 4) is 0 Å². The molecule has 6 nitrogen and oxygen atoms in total. The Hall–Kier alpha value is 0.0500. The fourth-order valence-corrected chi connectivity index (χ4v) is 3.66. The van der Waals surface area contributed by atoms with Crippen LogP contribution in [0.1, 0.15) is 90.9 Å². The lowest BCUT2D eigenvalue weighted by atomic mass is 10.0. The van der Waals surface area contributed by atoms with Gasteiger partial charge < -0.3 is 42.1 Å². The van der Waals surface area contributed by atoms with E-state index in [9.17, 15) is 0 Å². The van der Waals surface area contributed by atoms with E-state index < -0.39 is 12.6 Å². The molecule has 0 radical (unpaired) electrons. The highest BCUT2D eigenvalue weighted by atomic mass is 35.5. The van der Waals surface area contributed by atoms with Crippen molar-refractivity contribution in [1.29, 1.82) is 0 Å². The van der Waals surface area contributed by atoms with Gasteiger partial charge in [-0.3, -0.25) is 0 Å². The predicted molar refractivity (Wildman–Crippen MR) is 118 cm³/mol. The first-order chi connectivity index (χ1) is 13.7. The number of unbranched alkanes of at least 4 members (excludes halogenated alkanes) is 7. The molecule has 0 aromatic heterocycles. The Morgan fingerprint density at radius 3 is 1.50 bits per heavy atom. The average Bonchev–Trinajstić information content (AvgIpc) is 2.65. The summed E-state index contributed by atoms with van der Waals surface area (Å²) in [5, 5.41) is 36.5. The highest BCUT2D eigenvalue weighted by molar-refractivity contribution is 4.50. The standard InChI is InChI=1S/C23H50NO5.ClH/c1-21(2)13-10-8-6-4-5-7-9-11-19-29-20-12-16-24(3,17-14-22(25)26)18-15-23(27)28;/h21-23,25-28H,4-20H2,1-3H3;1H/q+1;/p-1. The van der Waals surface area contributed by atoms with Gasteiger partial charge in [-0.25, -0.2) is 0 Å². The average molecular weight is 456 g/mol. The second-order valence-corrected chi connectivity index (χ2v) is 9.31. The summed E-state index contributed by atoms with van der Waals surface area (Å²) in [6.07, 6.45) is 10.7. The minimum absolute atomic E-state index is 0. The Kier molecular flexibility index (Phi) is 22.5. The Balaban J connectivity index is 0. The van der Waals surface area contributed by atoms with Gasteiger partial charge in [-0.1, -0.05) is 65.2 Å². The Labute approximate surface area is 191 Å². The molecular formula is C23H50ClNO5. The van der Waals surface area contributed by atoms with Crippen LogP contribution in [-0.4, -0.2) is 77.4 Å². The number of aliphatic hydroxyl groups excluding tert-OH is 2. The van der Waals surface area contributed by atoms with E-state index in [-0.39, 0.29) is 25.2 Å². The largest absolute Gasteiger partial charge is 1.00 e. The van der Waals surface area contributed by atoms with E-state index in [1.807, 2.05) is 7.05 Å². The van der Waals surface area contributed by atoms with Gasteiger partial charge in [0.2, 0.25) is 0 Å². The molecule has 0 fully saturated rings. The molecule has 0 spiro atoms. The van der Waals surface area contributed by atoms with Gasteiger partial charge in [0.05, 0.1) is 33.3 Å². The van der Waals surface area contributed by atoms with Crippen molar-refractivity contribution >= 4 is 0 Å². The molecule has 0 unspecified atom stereocenters. The molecule has 0 aromatic carbocycles. The van der Waals surface area contributed by atoms with Gasteiger partial charge in [-0.2, -0.15) is 0 Å². The van der Waals surface area contributed by atoms with E-state index in [2.05, 4.69) is 13.8 Å². The normalized spacial score (nSPS) is 12.2. The van der Waals surface area contributed by atoms with Crippen LogP contribution < -0.4 is 12.4 Å². The zero-order valence-electron chi connectivity index (χ0n) is 19.8. The SMILES string of the molecule is CC(C)CCCCCCCCCCOCCC[N+](C)(CCC(O)O)CCC(O)O.[Cl-]. The Bertz CT molecular complexity index is 344. The van der Waals surface area contributed by atoms with Crippen molar-refractivity contribution in [3.63, 3.8) is 0 Å². The van der Waals surface area contributed by atoms with Crippen LogP contribution in [0.15, 0.2) is 0 Å². The number of aliphatic hydroxyl groups is 4. The lowest BCUT2D eigenvalue weighted by molar-refractivity contribution is -0.911. The van der Waals surface area contributed by atoms with Crippen molar-refractivity contribution in [1.82, 2.24) is 0 Å². The summed E-state index contributed by atoms with van der Waals surface area (Å²) < 4.78 is 6.35. The zero-order valence-corrected chi connectivity index (χ0v) is 20.5. The summed E-state index contributed by atoms with van der Waals surface area (Å²) in [5.74, 6) is 0.838. The van der Waals surface area contributed by atoms with Gasteiger partial charge in [-0.05, 0) is 12.3 Å². The molecular weight excluding hydrogens is 406 g/mol. The summed E-state index contributed by atoms with van der Waals surface area (Å²) in [5.41, 5.74) is 0. The lowest BCUT2D eigenvalue weighted by Crippen LogP contribution is -3.00. The van der Waals surface area contributed by atoms with Crippen molar-refractivity contribution < 1.29 is 42.1 Å². The first-order valence-electron chi connectivity index (χ1n) is 11.9. The molecule has 0 rings (SSSR count). The van der Waals surface area contributed by atoms with Crippen LogP contribution in [-0.2, 0) is 4.74 Å². The van der Waals surface area contributed by atoms with Crippen molar-refractivity contribution in [2.45, 2.75) is 103 Å². The minimum Gasteiger partial charge on any atom is -1.00 e. The van der Waals surface area contributed by atoms with Crippen LogP contribution in [0.2, 0.25) is 0 Å². The van der Waals surface area contributed by atoms with Crippen molar-refractivity contribution in [2.24, 2.45) is 5.92 Å². The molecule has 184 valence electrons. The van der Waals surface area contributed by atoms with E-state index >= 15 is 0 Å². The molecule has 0 amide bonds. The molecule has 0 heterocycles. The minimum atomic E-state index is -1.32. The molecule has 0 saturated carbocycles. The third kappa shape index (κ3) is 22.7. The summed E-state index contributed by atoms with van der Waals surface area (Å²) in [4.78, 5) is 0. The van der Waals surface area contributed by atoms with Gasteiger partial charge in [-0.15, -0.1) is 0 Å². The molecule has 7 heteroatoms. The Morgan fingerprint density at radius 1 is 0.600 bits per heavy atom. The molecule has 4 N–H and O–H groups in total. The first kappa shape index (κ1) is 32.2. The first-order valence-corrected chi connectivity index (χ1v) is 11.9. The number of rotatable bonds is 21. The van der Waals surface area contributed by atoms with Gasteiger partial charge >= 0.3 is 0 Å². The summed E-state index contributed by atoms with van der Waals surface area (Å²) >= 11 is 0. The van der Waals surface area contributed by atoms with E-state index in [1.165, 1.54) is 51.4 Å². The maximum atomic E-state index is 9.12. The Morgan fingerprint density at radius 2 is 1.03 bits per heavy atom. The number of quaternary nitrogens is 1. The molecule has 0 aliphatic carbocycles. The van der Waals surface area contributed by atoms with Gasteiger partial charge in [0.15, 0.2) is 12.6 Å². The number of nitrogens with zero attached hydrogens (tertiary/aromatic N) is 1. The smallest absolute Gasteiger partial charge is 0.156 e. The fraction of sp³-hybridized carbons (Fsp3) is 1.00. The molecule has 0 saturated heterocycles. The molecule has 0 aromatic rings. The van der Waals surface area contributed by atoms with E-state index in [0.717, 1.165) is 31.9 Å². The molecule has 0 aliphatic heterocycles. The number of hydrogen-bond donors (Lipinski definition) is 4. The van der Waals surface area contributed by atoms with Crippen molar-refractivity contribution in [2.75, 3.05) is 39.9 Å². The monoisotopic (exact) mass is 455 g/mol. The van der Waals surface area contributed by atoms with Crippen LogP contribution in [0.3, 0.4) is 0 Å². The number of halogens is 1. The molecule has 0 atom stereocenters. The third-order valence-electron chi connectivity index (χ3n) is 5.66. The van der Waals surface area contributed by atoms with Crippen LogP contribution in [0, 0.1) is 5.92 Å². The second-order valence-electron chi connectivity index (χ2n) is 9.31. The van der Waals surface area contributed by atoms with E-state index in [4.69, 9.17) is 25.2 Å². The highest BCUT2D eigenvalue weighted by Gasteiger charge is 2.23. The second kappa shape index (κ2) is 20.9. The quantitative estimate of drug-likeness (QED) is 0.114. The molecule has 30 heavy (non-hydrogen) atoms. The predicted octanol–water partition coefficient (Wildman–Crippen LogP) is 0.412. The summed E-state index contributed by atoms with van der Waals surface area (Å²) in [7, 11) is 2.02. The lowest BCUT2D eigenvalue weighted by Gasteiger charge is -2.35. The fourth-order valence-electron chi connectivity index (χ4n) is 3.66. The van der Waals surface area contributed by atoms with Crippen LogP contribution in [0.25, 0.3) is 0 Å². The van der Waals surface area contributed by atoms with E-state index in [1.54, 1.807) is 0 Å². The maximum absolute atomic E-state index is 9.12. The maximum Gasteiger partial charge on any atom is 0.156 e. The van der Waals surface area contributed by atoms with Crippen LogP contribution in [0.4, 0.5) is 0 Å². The summed E-state index contributed by atoms with van der Waals surface area (Å²) in [6.45, 7) is 8.13. The number of hydrogen-bond acceptors (Lipinski definition) is 5.